The lowest BCUT2D eigenvalue weighted by Gasteiger charge is -2.31. The molecule has 0 spiro atoms. The molecule has 1 aliphatic heterocycles. The van der Waals surface area contributed by atoms with Crippen molar-refractivity contribution in [3.8, 4) is 0 Å². The van der Waals surface area contributed by atoms with E-state index in [2.05, 4.69) is 10.6 Å². The van der Waals surface area contributed by atoms with E-state index in [1.165, 1.54) is 18.2 Å². The van der Waals surface area contributed by atoms with Gasteiger partial charge in [-0.2, -0.15) is 0 Å². The monoisotopic (exact) mass is 382 g/mol. The molecule has 0 bridgehead atoms. The largest absolute Gasteiger partial charge is 0.387 e. The van der Waals surface area contributed by atoms with Crippen molar-refractivity contribution in [3.05, 3.63) is 64.2 Å². The van der Waals surface area contributed by atoms with Gasteiger partial charge in [0, 0.05) is 49.6 Å². The molecule has 1 saturated heterocycles. The average Bonchev–Trinajstić information content (AvgIpc) is 2.73. The van der Waals surface area contributed by atoms with Crippen molar-refractivity contribution in [2.45, 2.75) is 12.8 Å². The van der Waals surface area contributed by atoms with Crippen LogP contribution in [0.2, 0.25) is 0 Å². The van der Waals surface area contributed by atoms with Gasteiger partial charge in [-0.25, -0.2) is 0 Å². The van der Waals surface area contributed by atoms with Crippen molar-refractivity contribution in [1.82, 2.24) is 4.90 Å². The van der Waals surface area contributed by atoms with Crippen molar-refractivity contribution in [3.63, 3.8) is 0 Å². The van der Waals surface area contributed by atoms with Gasteiger partial charge in [-0.05, 0) is 31.0 Å². The van der Waals surface area contributed by atoms with E-state index in [0.717, 1.165) is 5.69 Å². The Balaban J connectivity index is 1.64. The van der Waals surface area contributed by atoms with Crippen LogP contribution in [-0.4, -0.2) is 41.8 Å². The standard InChI is InChI=1S/C20H22N4O4/c1-21-18-8-7-16(24(27)28)13-17(18)20(26)23-11-9-14(10-12-23)19(25)22-15-5-3-2-4-6-15/h2-8,13-14,21H,9-12H2,1H3,(H,22,25). The van der Waals surface area contributed by atoms with Crippen molar-refractivity contribution in [2.75, 3.05) is 30.8 Å². The topological polar surface area (TPSA) is 105 Å². The van der Waals surface area contributed by atoms with Crippen LogP contribution in [0, 0.1) is 16.0 Å². The SMILES string of the molecule is CNc1ccc([N+](=O)[O-])cc1C(=O)N1CCC(C(=O)Nc2ccccc2)CC1. The smallest absolute Gasteiger partial charge is 0.270 e. The molecule has 0 radical (unpaired) electrons. The maximum atomic E-state index is 12.9. The first-order valence-corrected chi connectivity index (χ1v) is 9.11. The fraction of sp³-hybridized carbons (Fsp3) is 0.300. The van der Waals surface area contributed by atoms with Gasteiger partial charge in [0.25, 0.3) is 11.6 Å². The van der Waals surface area contributed by atoms with Crippen LogP contribution in [0.4, 0.5) is 17.1 Å². The number of hydrogen-bond acceptors (Lipinski definition) is 5. The molecule has 1 aliphatic rings. The summed E-state index contributed by atoms with van der Waals surface area (Å²) >= 11 is 0. The number of nitro groups is 1. The highest BCUT2D eigenvalue weighted by Gasteiger charge is 2.29. The zero-order valence-corrected chi connectivity index (χ0v) is 15.6. The number of nitro benzene ring substituents is 1. The van der Waals surface area contributed by atoms with Gasteiger partial charge in [0.1, 0.15) is 0 Å². The number of benzene rings is 2. The summed E-state index contributed by atoms with van der Waals surface area (Å²) in [6.45, 7) is 0.856. The summed E-state index contributed by atoms with van der Waals surface area (Å²) in [4.78, 5) is 37.5. The quantitative estimate of drug-likeness (QED) is 0.611. The van der Waals surface area contributed by atoms with Crippen LogP contribution < -0.4 is 10.6 Å². The average molecular weight is 382 g/mol. The molecule has 1 fully saturated rings. The fourth-order valence-electron chi connectivity index (χ4n) is 3.32. The first kappa shape index (κ1) is 19.3. The highest BCUT2D eigenvalue weighted by molar-refractivity contribution is 6.00. The van der Waals surface area contributed by atoms with Crippen LogP contribution in [0.3, 0.4) is 0 Å². The summed E-state index contributed by atoms with van der Waals surface area (Å²) in [6.07, 6.45) is 1.10. The van der Waals surface area contributed by atoms with Crippen molar-refractivity contribution < 1.29 is 14.5 Å². The van der Waals surface area contributed by atoms with E-state index in [-0.39, 0.29) is 29.0 Å². The number of nitrogens with zero attached hydrogens (tertiary/aromatic N) is 2. The van der Waals surface area contributed by atoms with E-state index < -0.39 is 4.92 Å². The molecule has 0 aliphatic carbocycles. The Morgan fingerprint density at radius 2 is 1.79 bits per heavy atom. The number of para-hydroxylation sites is 1. The Morgan fingerprint density at radius 1 is 1.11 bits per heavy atom. The molecule has 2 N–H and O–H groups in total. The van der Waals surface area contributed by atoms with Crippen molar-refractivity contribution in [2.24, 2.45) is 5.92 Å². The van der Waals surface area contributed by atoms with Gasteiger partial charge in [-0.15, -0.1) is 0 Å². The van der Waals surface area contributed by atoms with E-state index >= 15 is 0 Å². The highest BCUT2D eigenvalue weighted by Crippen LogP contribution is 2.26. The number of rotatable bonds is 5. The van der Waals surface area contributed by atoms with Gasteiger partial charge in [-0.3, -0.25) is 19.7 Å². The lowest BCUT2D eigenvalue weighted by atomic mass is 9.95. The molecule has 146 valence electrons. The van der Waals surface area contributed by atoms with Gasteiger partial charge in [0.2, 0.25) is 5.91 Å². The number of hydrogen-bond donors (Lipinski definition) is 2. The Hall–Kier alpha value is -3.42. The third-order valence-corrected chi connectivity index (χ3v) is 4.91. The Kier molecular flexibility index (Phi) is 5.88. The van der Waals surface area contributed by atoms with E-state index in [4.69, 9.17) is 0 Å². The van der Waals surface area contributed by atoms with Crippen LogP contribution in [0.1, 0.15) is 23.2 Å². The zero-order chi connectivity index (χ0) is 20.1. The van der Waals surface area contributed by atoms with E-state index in [0.29, 0.717) is 31.6 Å². The lowest BCUT2D eigenvalue weighted by Crippen LogP contribution is -2.41. The molecule has 3 rings (SSSR count). The predicted molar refractivity (Wildman–Crippen MR) is 106 cm³/mol. The number of amides is 2. The van der Waals surface area contributed by atoms with Gasteiger partial charge in [0.15, 0.2) is 0 Å². The Morgan fingerprint density at radius 3 is 2.39 bits per heavy atom. The van der Waals surface area contributed by atoms with Crippen molar-refractivity contribution in [1.29, 1.82) is 0 Å². The second kappa shape index (κ2) is 8.51. The number of carbonyl (C=O) groups is 2. The second-order valence-electron chi connectivity index (χ2n) is 6.66. The summed E-state index contributed by atoms with van der Waals surface area (Å²) in [5.41, 5.74) is 1.43. The number of nitrogens with one attached hydrogen (secondary N) is 2. The van der Waals surface area contributed by atoms with Gasteiger partial charge < -0.3 is 15.5 Å². The lowest BCUT2D eigenvalue weighted by molar-refractivity contribution is -0.384. The minimum atomic E-state index is -0.517. The molecular formula is C20H22N4O4. The minimum absolute atomic E-state index is 0.0513. The minimum Gasteiger partial charge on any atom is -0.387 e. The second-order valence-corrected chi connectivity index (χ2v) is 6.66. The van der Waals surface area contributed by atoms with Gasteiger partial charge in [0.05, 0.1) is 10.5 Å². The Bertz CT molecular complexity index is 877. The molecule has 0 unspecified atom stereocenters. The molecule has 2 amide bonds. The number of piperidine rings is 1. The van der Waals surface area contributed by atoms with Crippen LogP contribution in [0.5, 0.6) is 0 Å². The molecule has 2 aromatic rings. The fourth-order valence-corrected chi connectivity index (χ4v) is 3.32. The van der Waals surface area contributed by atoms with Crippen LogP contribution >= 0.6 is 0 Å². The molecule has 28 heavy (non-hydrogen) atoms. The highest BCUT2D eigenvalue weighted by atomic mass is 16.6. The number of non-ortho nitro benzene ring substituents is 1. The van der Waals surface area contributed by atoms with E-state index in [1.54, 1.807) is 11.9 Å². The van der Waals surface area contributed by atoms with E-state index in [9.17, 15) is 19.7 Å². The van der Waals surface area contributed by atoms with Gasteiger partial charge >= 0.3 is 0 Å². The van der Waals surface area contributed by atoms with Crippen LogP contribution in [-0.2, 0) is 4.79 Å². The van der Waals surface area contributed by atoms with Crippen molar-refractivity contribution >= 4 is 28.9 Å². The molecule has 0 atom stereocenters. The number of carbonyl (C=O) groups excluding carboxylic acids is 2. The molecule has 0 aromatic heterocycles. The first-order chi connectivity index (χ1) is 13.5. The number of anilines is 2. The zero-order valence-electron chi connectivity index (χ0n) is 15.6. The van der Waals surface area contributed by atoms with Crippen LogP contribution in [0.25, 0.3) is 0 Å². The molecule has 8 heteroatoms. The number of likely N-dealkylation sites (tertiary alicyclic amines) is 1. The summed E-state index contributed by atoms with van der Waals surface area (Å²) in [5.74, 6) is -0.488. The predicted octanol–water partition coefficient (Wildman–Crippen LogP) is 3.13. The van der Waals surface area contributed by atoms with E-state index in [1.807, 2.05) is 30.3 Å². The van der Waals surface area contributed by atoms with Crippen LogP contribution in [0.15, 0.2) is 48.5 Å². The van der Waals surface area contributed by atoms with Gasteiger partial charge in [-0.1, -0.05) is 18.2 Å². The first-order valence-electron chi connectivity index (χ1n) is 9.11. The molecule has 0 saturated carbocycles. The summed E-state index contributed by atoms with van der Waals surface area (Å²) < 4.78 is 0. The molecule has 8 nitrogen and oxygen atoms in total. The normalized spacial score (nSPS) is 14.4. The molecule has 2 aromatic carbocycles. The summed E-state index contributed by atoms with van der Waals surface area (Å²) in [5, 5.41) is 16.8. The molecule has 1 heterocycles. The Labute approximate surface area is 162 Å². The maximum Gasteiger partial charge on any atom is 0.270 e. The molecular weight excluding hydrogens is 360 g/mol. The maximum absolute atomic E-state index is 12.9. The third kappa shape index (κ3) is 4.28. The third-order valence-electron chi connectivity index (χ3n) is 4.91. The summed E-state index contributed by atoms with van der Waals surface area (Å²) in [7, 11) is 1.66. The summed E-state index contributed by atoms with van der Waals surface area (Å²) in [6, 6.07) is 13.4.